The normalized spacial score (nSPS) is 11.5. The molecule has 1 N–H and O–H groups in total. The molecule has 3 aromatic carbocycles. The van der Waals surface area contributed by atoms with Gasteiger partial charge in [-0.15, -0.1) is 0 Å². The van der Waals surface area contributed by atoms with Crippen LogP contribution in [0.4, 0.5) is 8.78 Å². The Bertz CT molecular complexity index is 1490. The smallest absolute Gasteiger partial charge is 0.168 e. The van der Waals surface area contributed by atoms with Crippen molar-refractivity contribution in [1.82, 2.24) is 3.97 Å². The van der Waals surface area contributed by atoms with Gasteiger partial charge in [0.2, 0.25) is 0 Å². The molecule has 0 aliphatic heterocycles. The molecule has 1 aromatic heterocycles. The molecule has 0 aliphatic carbocycles. The molecular weight excluding hydrogens is 482 g/mol. The van der Waals surface area contributed by atoms with Gasteiger partial charge in [-0.2, -0.15) is 0 Å². The summed E-state index contributed by atoms with van der Waals surface area (Å²) < 4.78 is 61.5. The van der Waals surface area contributed by atoms with Crippen molar-refractivity contribution < 1.29 is 26.7 Å². The van der Waals surface area contributed by atoms with E-state index in [1.54, 1.807) is 16.2 Å². The molecule has 0 amide bonds. The predicted molar refractivity (Wildman–Crippen MR) is 128 cm³/mol. The van der Waals surface area contributed by atoms with Crippen molar-refractivity contribution >= 4 is 45.2 Å². The van der Waals surface area contributed by atoms with E-state index in [-0.39, 0.29) is 28.9 Å². The molecule has 0 aliphatic rings. The van der Waals surface area contributed by atoms with Crippen LogP contribution in [-0.4, -0.2) is 30.6 Å². The van der Waals surface area contributed by atoms with Crippen LogP contribution in [0, 0.1) is 17.0 Å². The molecule has 0 atom stereocenters. The van der Waals surface area contributed by atoms with Crippen LogP contribution < -0.4 is 4.74 Å². The highest BCUT2D eigenvalue weighted by Crippen LogP contribution is 2.38. The fourth-order valence-electron chi connectivity index (χ4n) is 3.40. The van der Waals surface area contributed by atoms with Crippen molar-refractivity contribution in [3.63, 3.8) is 0 Å². The molecule has 0 bridgehead atoms. The number of hydrogen-bond donors (Lipinski definition) is 1. The van der Waals surface area contributed by atoms with Gasteiger partial charge in [-0.3, -0.25) is 3.97 Å². The predicted octanol–water partition coefficient (Wildman–Crippen LogP) is 5.38. The van der Waals surface area contributed by atoms with Crippen LogP contribution in [0.5, 0.6) is 11.5 Å². The number of ether oxygens (including phenoxy) is 1. The second kappa shape index (κ2) is 9.78. The quantitative estimate of drug-likeness (QED) is 0.246. The molecule has 34 heavy (non-hydrogen) atoms. The highest BCUT2D eigenvalue weighted by atomic mass is 32.2. The molecular formula is C24H18F2N2O4S2. The van der Waals surface area contributed by atoms with Gasteiger partial charge in [0.25, 0.3) is 0 Å². The van der Waals surface area contributed by atoms with Gasteiger partial charge in [-0.25, -0.2) is 17.2 Å². The molecule has 0 unspecified atom stereocenters. The van der Waals surface area contributed by atoms with Gasteiger partial charge in [0.15, 0.2) is 21.4 Å². The van der Waals surface area contributed by atoms with E-state index in [1.165, 1.54) is 30.1 Å². The third kappa shape index (κ3) is 5.02. The first kappa shape index (κ1) is 23.7. The monoisotopic (exact) mass is 500 g/mol. The largest absolute Gasteiger partial charge is 0.454 e. The van der Waals surface area contributed by atoms with Crippen LogP contribution in [-0.2, 0) is 20.4 Å². The van der Waals surface area contributed by atoms with Gasteiger partial charge < -0.3 is 14.9 Å². The Morgan fingerprint density at radius 2 is 1.79 bits per heavy atom. The summed E-state index contributed by atoms with van der Waals surface area (Å²) in [6.45, 7) is 0. The van der Waals surface area contributed by atoms with Crippen LogP contribution >= 0.6 is 11.9 Å². The second-order valence-electron chi connectivity index (χ2n) is 7.30. The molecule has 4 rings (SSSR count). The molecule has 0 saturated carbocycles. The molecule has 6 nitrogen and oxygen atoms in total. The minimum Gasteiger partial charge on any atom is -0.454 e. The van der Waals surface area contributed by atoms with Crippen LogP contribution in [0.3, 0.4) is 0 Å². The Labute approximate surface area is 198 Å². The fraction of sp³-hybridized carbons (Fsp3) is 0.0833. The second-order valence-corrected chi connectivity index (χ2v) is 10.5. The lowest BCUT2D eigenvalue weighted by molar-refractivity contribution is -0.105. The lowest BCUT2D eigenvalue weighted by Gasteiger charge is -2.15. The van der Waals surface area contributed by atoms with Crippen molar-refractivity contribution in [3.05, 3.63) is 89.6 Å². The van der Waals surface area contributed by atoms with Gasteiger partial charge in [0.1, 0.15) is 23.6 Å². The molecule has 0 saturated heterocycles. The Balaban J connectivity index is 1.85. The average molecular weight is 501 g/mol. The average Bonchev–Trinajstić information content (AvgIpc) is 3.19. The summed E-state index contributed by atoms with van der Waals surface area (Å²) in [5.74, 6) is -3.13. The first-order chi connectivity index (χ1) is 16.3. The third-order valence-electron chi connectivity index (χ3n) is 4.95. The highest BCUT2D eigenvalue weighted by Gasteiger charge is 2.24. The molecule has 0 radical (unpaired) electrons. The summed E-state index contributed by atoms with van der Waals surface area (Å²) in [5.41, 5.74) is 0.402. The number of carbonyl (C=O) groups is 1. The minimum atomic E-state index is -3.90. The van der Waals surface area contributed by atoms with E-state index in [0.717, 1.165) is 17.2 Å². The van der Waals surface area contributed by atoms with Crippen LogP contribution in [0.15, 0.2) is 71.8 Å². The maximum Gasteiger partial charge on any atom is 0.168 e. The number of carbonyl (C=O) groups excluding carboxylic acids is 1. The number of fused-ring (bicyclic) bond motifs is 1. The molecule has 4 aromatic rings. The molecule has 1 heterocycles. The van der Waals surface area contributed by atoms with Crippen molar-refractivity contribution in [3.8, 4) is 11.5 Å². The van der Waals surface area contributed by atoms with E-state index >= 15 is 4.39 Å². The molecule has 174 valence electrons. The van der Waals surface area contributed by atoms with E-state index in [0.29, 0.717) is 10.9 Å². The SMILES string of the molecule is N=Cc1cc(Oc2c(F)cc3c(ccn3Sc3ccccc3)c2CS(=O)(=O)CC=O)ccc1F. The summed E-state index contributed by atoms with van der Waals surface area (Å²) in [7, 11) is -3.90. The number of rotatable bonds is 9. The van der Waals surface area contributed by atoms with Crippen molar-refractivity contribution in [1.29, 1.82) is 5.41 Å². The number of halogens is 2. The zero-order valence-corrected chi connectivity index (χ0v) is 19.2. The van der Waals surface area contributed by atoms with Crippen molar-refractivity contribution in [2.45, 2.75) is 10.6 Å². The first-order valence-electron chi connectivity index (χ1n) is 9.99. The fourth-order valence-corrected chi connectivity index (χ4v) is 5.33. The maximum absolute atomic E-state index is 15.4. The molecule has 0 fully saturated rings. The Morgan fingerprint density at radius 1 is 1.03 bits per heavy atom. The summed E-state index contributed by atoms with van der Waals surface area (Å²) in [5, 5.41) is 7.73. The molecule has 10 heteroatoms. The summed E-state index contributed by atoms with van der Waals surface area (Å²) in [4.78, 5) is 11.8. The lowest BCUT2D eigenvalue weighted by Crippen LogP contribution is -2.12. The van der Waals surface area contributed by atoms with Gasteiger partial charge in [0, 0.05) is 39.9 Å². The number of hydrogen-bond acceptors (Lipinski definition) is 6. The zero-order chi connectivity index (χ0) is 24.3. The van der Waals surface area contributed by atoms with Crippen LogP contribution in [0.25, 0.3) is 10.9 Å². The first-order valence-corrected chi connectivity index (χ1v) is 12.6. The van der Waals surface area contributed by atoms with E-state index in [4.69, 9.17) is 10.1 Å². The number of nitrogens with zero attached hydrogens (tertiary/aromatic N) is 1. The summed E-state index contributed by atoms with van der Waals surface area (Å²) in [6, 6.07) is 15.8. The van der Waals surface area contributed by atoms with Gasteiger partial charge in [-0.1, -0.05) is 18.2 Å². The molecule has 0 spiro atoms. The number of benzene rings is 3. The number of aldehydes is 1. The van der Waals surface area contributed by atoms with E-state index < -0.39 is 33.0 Å². The maximum atomic E-state index is 15.4. The number of aromatic nitrogens is 1. The zero-order valence-electron chi connectivity index (χ0n) is 17.6. The lowest BCUT2D eigenvalue weighted by atomic mass is 10.1. The van der Waals surface area contributed by atoms with E-state index in [1.807, 2.05) is 30.3 Å². The van der Waals surface area contributed by atoms with Crippen LogP contribution in [0.1, 0.15) is 11.1 Å². The topological polar surface area (TPSA) is 89.2 Å². The van der Waals surface area contributed by atoms with Gasteiger partial charge in [0.05, 0.1) is 11.3 Å². The van der Waals surface area contributed by atoms with E-state index in [9.17, 15) is 17.6 Å². The highest BCUT2D eigenvalue weighted by molar-refractivity contribution is 7.98. The minimum absolute atomic E-state index is 0.0327. The summed E-state index contributed by atoms with van der Waals surface area (Å²) >= 11 is 1.32. The van der Waals surface area contributed by atoms with Crippen LogP contribution in [0.2, 0.25) is 0 Å². The van der Waals surface area contributed by atoms with Crippen molar-refractivity contribution in [2.75, 3.05) is 5.75 Å². The Hall–Kier alpha value is -3.50. The third-order valence-corrected chi connectivity index (χ3v) is 7.32. The Morgan fingerprint density at radius 3 is 2.50 bits per heavy atom. The Kier molecular flexibility index (Phi) is 6.80. The summed E-state index contributed by atoms with van der Waals surface area (Å²) in [6.07, 6.45) is 2.75. The number of nitrogens with one attached hydrogen (secondary N) is 1. The van der Waals surface area contributed by atoms with Gasteiger partial charge in [-0.05, 0) is 48.3 Å². The van der Waals surface area contributed by atoms with Gasteiger partial charge >= 0.3 is 0 Å². The number of sulfone groups is 1. The van der Waals surface area contributed by atoms with Crippen molar-refractivity contribution in [2.24, 2.45) is 0 Å². The van der Waals surface area contributed by atoms with E-state index in [2.05, 4.69) is 0 Å². The standard InChI is InChI=1S/C24H18F2N2O4S2/c25-21-7-6-17(12-16(21)14-27)32-24-20(15-34(30,31)11-10-29)19-8-9-28(23(19)13-22(24)26)33-18-4-2-1-3-5-18/h1-10,12-14,27H,11,15H2.